The molecule has 7 saturated heterocycles. The summed E-state index contributed by atoms with van der Waals surface area (Å²) in [5.74, 6) is -0.777. The van der Waals surface area contributed by atoms with Crippen molar-refractivity contribution in [2.45, 2.75) is 222 Å². The predicted octanol–water partition coefficient (Wildman–Crippen LogP) is -16.1. The topological polar surface area (TPSA) is 594 Å². The van der Waals surface area contributed by atoms with Crippen molar-refractivity contribution in [3.63, 3.8) is 0 Å². The van der Waals surface area contributed by atoms with Crippen molar-refractivity contribution < 1.29 is 179 Å². The van der Waals surface area contributed by atoms with Crippen LogP contribution in [0.5, 0.6) is 0 Å². The first-order valence-electron chi connectivity index (χ1n) is 25.6. The quantitative estimate of drug-likeness (QED) is 0.0538. The second kappa shape index (κ2) is 28.7. The molecule has 37 nitrogen and oxygen atoms in total. The summed E-state index contributed by atoms with van der Waals surface area (Å²) < 4.78 is 73.8. The Morgan fingerprint density at radius 1 is 0.321 bits per heavy atom. The molecule has 37 heteroatoms. The van der Waals surface area contributed by atoms with E-state index in [0.29, 0.717) is 0 Å². The minimum atomic E-state index is -2.29. The monoisotopic (exact) mass is 1190 g/mol. The van der Waals surface area contributed by atoms with Crippen LogP contribution in [0.3, 0.4) is 0 Å². The van der Waals surface area contributed by atoms with Gasteiger partial charge in [0, 0.05) is 6.92 Å². The lowest BCUT2D eigenvalue weighted by molar-refractivity contribution is -0.387. The smallest absolute Gasteiger partial charge is 0.217 e. The summed E-state index contributed by atoms with van der Waals surface area (Å²) in [6, 6.07) is -1.64. The zero-order valence-electron chi connectivity index (χ0n) is 42.7. The average Bonchev–Trinajstić information content (AvgIpc) is 3.52. The van der Waals surface area contributed by atoms with Crippen LogP contribution in [0, 0.1) is 0 Å². The van der Waals surface area contributed by atoms with Crippen molar-refractivity contribution in [3.05, 3.63) is 0 Å². The molecule has 0 aromatic rings. The highest BCUT2D eigenvalue weighted by Gasteiger charge is 2.57. The molecule has 0 radical (unpaired) electrons. The van der Waals surface area contributed by atoms with Gasteiger partial charge < -0.3 is 179 Å². The molecule has 7 aliphatic rings. The third kappa shape index (κ3) is 14.2. The van der Waals surface area contributed by atoms with E-state index in [2.05, 4.69) is 5.32 Å². The molecule has 1 amide bonds. The van der Waals surface area contributed by atoms with Crippen LogP contribution in [-0.4, -0.2) is 379 Å². The van der Waals surface area contributed by atoms with E-state index in [-0.39, 0.29) is 0 Å². The number of amides is 1. The number of nitrogens with one attached hydrogen (secondary N) is 1. The van der Waals surface area contributed by atoms with E-state index in [4.69, 9.17) is 61.6 Å². The van der Waals surface area contributed by atoms with Gasteiger partial charge in [0.1, 0.15) is 171 Å². The Labute approximate surface area is 457 Å². The lowest BCUT2D eigenvalue weighted by Crippen LogP contribution is -2.68. The summed E-state index contributed by atoms with van der Waals surface area (Å²) in [7, 11) is 0. The van der Waals surface area contributed by atoms with Crippen LogP contribution in [0.1, 0.15) is 6.92 Å². The minimum absolute atomic E-state index is 0.777. The number of aliphatic hydroxyl groups excluding tert-OH is 22. The highest BCUT2D eigenvalue weighted by Crippen LogP contribution is 2.36. The van der Waals surface area contributed by atoms with E-state index in [1.807, 2.05) is 0 Å². The Kier molecular flexibility index (Phi) is 23.6. The third-order valence-corrected chi connectivity index (χ3v) is 14.9. The summed E-state index contributed by atoms with van der Waals surface area (Å²) >= 11 is 0. The van der Waals surface area contributed by atoms with Gasteiger partial charge in [0.25, 0.3) is 0 Å². The van der Waals surface area contributed by atoms with Gasteiger partial charge in [0.2, 0.25) is 5.91 Å². The lowest BCUT2D eigenvalue weighted by atomic mass is 9.95. The molecule has 35 atom stereocenters. The van der Waals surface area contributed by atoms with Crippen LogP contribution in [0.4, 0.5) is 0 Å². The molecular formula is C44H75NO36. The van der Waals surface area contributed by atoms with Crippen LogP contribution in [0.15, 0.2) is 0 Å². The number of rotatable bonds is 20. The zero-order chi connectivity index (χ0) is 59.6. The molecular weight excluding hydrogens is 1120 g/mol. The van der Waals surface area contributed by atoms with Gasteiger partial charge in [0.05, 0.1) is 46.2 Å². The van der Waals surface area contributed by atoms with Gasteiger partial charge in [-0.15, -0.1) is 0 Å². The molecule has 7 aliphatic heterocycles. The second-order valence-electron chi connectivity index (χ2n) is 20.4. The first-order chi connectivity index (χ1) is 38.3. The molecule has 35 unspecified atom stereocenters. The van der Waals surface area contributed by atoms with Crippen LogP contribution >= 0.6 is 0 Å². The maximum Gasteiger partial charge on any atom is 0.217 e. The van der Waals surface area contributed by atoms with Crippen LogP contribution < -0.4 is 5.32 Å². The predicted molar refractivity (Wildman–Crippen MR) is 243 cm³/mol. The largest absolute Gasteiger partial charge is 0.394 e. The molecule has 0 bridgehead atoms. The highest BCUT2D eigenvalue weighted by atomic mass is 16.8. The molecule has 7 heterocycles. The number of hydrogen-bond donors (Lipinski definition) is 23. The van der Waals surface area contributed by atoms with E-state index in [0.717, 1.165) is 6.92 Å². The Balaban J connectivity index is 1.17. The number of carbonyl (C=O) groups excluding carboxylic acids is 1. The van der Waals surface area contributed by atoms with Crippen molar-refractivity contribution in [2.24, 2.45) is 0 Å². The fourth-order valence-corrected chi connectivity index (χ4v) is 10.2. The number of ether oxygens (including phenoxy) is 13. The zero-order valence-corrected chi connectivity index (χ0v) is 42.7. The van der Waals surface area contributed by atoms with E-state index >= 15 is 0 Å². The van der Waals surface area contributed by atoms with Gasteiger partial charge in [-0.2, -0.15) is 0 Å². The van der Waals surface area contributed by atoms with Crippen molar-refractivity contribution in [2.75, 3.05) is 46.2 Å². The Morgan fingerprint density at radius 2 is 0.642 bits per heavy atom. The van der Waals surface area contributed by atoms with Crippen LogP contribution in [0.2, 0.25) is 0 Å². The Hall–Kier alpha value is -1.93. The van der Waals surface area contributed by atoms with Crippen molar-refractivity contribution in [1.82, 2.24) is 5.32 Å². The molecule has 0 saturated carbocycles. The van der Waals surface area contributed by atoms with Gasteiger partial charge in [-0.25, -0.2) is 0 Å². The molecule has 0 aromatic heterocycles. The number of carbonyl (C=O) groups is 1. The standard InChI is InChI=1S/C44H75NO36/c1-9(51)45-17-24(58)34(14(6-50)71-38(17)68)78-43-33(67)36(80-41-30(64)26(60)19(53)11(3-47)73-41)23(57)16(77-43)7-69-39-32(66)35(79-40-29(63)25(59)18(52)10(2-46)72-40)22(56)15(76-39)8-70-44-37(28(62)21(55)13(5-49)75-44)81-42-31(65)27(61)20(54)12(4-48)74-42/h10-44,46-50,52-68H,2-8H2,1H3,(H,45,51). The second-order valence-corrected chi connectivity index (χ2v) is 20.4. The van der Waals surface area contributed by atoms with E-state index in [9.17, 15) is 117 Å². The summed E-state index contributed by atoms with van der Waals surface area (Å²) in [4.78, 5) is 12.0. The molecule has 81 heavy (non-hydrogen) atoms. The Morgan fingerprint density at radius 3 is 1.05 bits per heavy atom. The van der Waals surface area contributed by atoms with Gasteiger partial charge >= 0.3 is 0 Å². The normalized spacial score (nSPS) is 51.9. The third-order valence-electron chi connectivity index (χ3n) is 14.9. The van der Waals surface area contributed by atoms with Gasteiger partial charge in [-0.3, -0.25) is 4.79 Å². The summed E-state index contributed by atoms with van der Waals surface area (Å²) in [6.45, 7) is -5.86. The fraction of sp³-hybridized carbons (Fsp3) is 0.977. The van der Waals surface area contributed by atoms with E-state index in [1.165, 1.54) is 0 Å². The minimum Gasteiger partial charge on any atom is -0.394 e. The molecule has 0 aliphatic carbocycles. The van der Waals surface area contributed by atoms with E-state index in [1.54, 1.807) is 0 Å². The maximum atomic E-state index is 12.0. The fourth-order valence-electron chi connectivity index (χ4n) is 10.2. The van der Waals surface area contributed by atoms with Gasteiger partial charge in [0.15, 0.2) is 44.0 Å². The highest BCUT2D eigenvalue weighted by molar-refractivity contribution is 5.73. The molecule has 0 aromatic carbocycles. The number of hydrogen-bond acceptors (Lipinski definition) is 36. The first kappa shape index (κ1) is 66.6. The van der Waals surface area contributed by atoms with Gasteiger partial charge in [-0.1, -0.05) is 0 Å². The molecule has 23 N–H and O–H groups in total. The lowest BCUT2D eigenvalue weighted by Gasteiger charge is -2.49. The summed E-state index contributed by atoms with van der Waals surface area (Å²) in [5, 5.41) is 238. The molecule has 0 spiro atoms. The van der Waals surface area contributed by atoms with Crippen LogP contribution in [-0.2, 0) is 66.4 Å². The van der Waals surface area contributed by atoms with Crippen molar-refractivity contribution in [1.29, 1.82) is 0 Å². The molecule has 472 valence electrons. The maximum absolute atomic E-state index is 12.0. The molecule has 7 rings (SSSR count). The first-order valence-corrected chi connectivity index (χ1v) is 25.6. The summed E-state index contributed by atoms with van der Waals surface area (Å²) in [5.41, 5.74) is 0. The average molecular weight is 1190 g/mol. The van der Waals surface area contributed by atoms with E-state index < -0.39 is 267 Å². The van der Waals surface area contributed by atoms with Crippen molar-refractivity contribution in [3.8, 4) is 0 Å². The van der Waals surface area contributed by atoms with Crippen molar-refractivity contribution >= 4 is 5.91 Å². The van der Waals surface area contributed by atoms with Gasteiger partial charge in [-0.05, 0) is 0 Å². The van der Waals surface area contributed by atoms with Crippen LogP contribution in [0.25, 0.3) is 0 Å². The summed E-state index contributed by atoms with van der Waals surface area (Å²) in [6.07, 6.45) is -67.6. The Bertz CT molecular complexity index is 1940. The SMILES string of the molecule is CC(=O)NC1C(O)OC(CO)C(OC2OC(COC3OC(COC4OC(CO)C(O)C(O)C4OC4OC(CO)C(O)C(O)C4O)C(O)C(OC4OC(CO)C(O)C(O)C4O)C3O)C(O)C(OC3OC(CO)C(O)C(O)C3O)C2O)C1O. The number of aliphatic hydroxyl groups is 22. The molecule has 7 fully saturated rings.